The van der Waals surface area contributed by atoms with Gasteiger partial charge in [0.25, 0.3) is 0 Å². The first-order valence-corrected chi connectivity index (χ1v) is 9.39. The number of allylic oxidation sites excluding steroid dienone is 1. The number of fused-ring (bicyclic) bond motifs is 2. The molecule has 2 nitrogen and oxygen atoms in total. The maximum absolute atomic E-state index is 12.5. The zero-order valence-electron chi connectivity index (χ0n) is 13.3. The van der Waals surface area contributed by atoms with Gasteiger partial charge in [-0.1, -0.05) is 31.2 Å². The highest BCUT2D eigenvalue weighted by Crippen LogP contribution is 2.42. The van der Waals surface area contributed by atoms with E-state index in [-0.39, 0.29) is 5.92 Å². The van der Waals surface area contributed by atoms with Crippen molar-refractivity contribution in [3.8, 4) is 0 Å². The van der Waals surface area contributed by atoms with Crippen molar-refractivity contribution in [2.45, 2.75) is 57.5 Å². The summed E-state index contributed by atoms with van der Waals surface area (Å²) in [6.07, 6.45) is 6.33. The maximum atomic E-state index is 12.5. The Hall–Kier alpha value is -0.680. The predicted octanol–water partition coefficient (Wildman–Crippen LogP) is 4.69. The normalized spacial score (nSPS) is 31.3. The molecule has 22 heavy (non-hydrogen) atoms. The molecular formula is C19H24INO. The van der Waals surface area contributed by atoms with E-state index in [0.717, 1.165) is 12.8 Å². The molecule has 2 aliphatic heterocycles. The summed E-state index contributed by atoms with van der Waals surface area (Å²) in [4.78, 5) is 12.5. The van der Waals surface area contributed by atoms with Crippen molar-refractivity contribution >= 4 is 34.5 Å². The van der Waals surface area contributed by atoms with Crippen LogP contribution in [0.3, 0.4) is 0 Å². The lowest BCUT2D eigenvalue weighted by atomic mass is 9.74. The second-order valence-corrected chi connectivity index (χ2v) is 8.33. The number of piperidine rings is 1. The standard InChI is InChI=1S/C19H24INO/c1-3-18(22)19-16(11-15-8-9-17(19)21-15)14-6-4-13(5-7-14)10-12(2)20/h4-7,10,15-17,19,21H,3,8-9,11H2,1-2H3/t15?,16-,17?,19+/m1/s1. The number of hydrogen-bond acceptors (Lipinski definition) is 2. The minimum Gasteiger partial charge on any atom is -0.310 e. The van der Waals surface area contributed by atoms with E-state index >= 15 is 0 Å². The van der Waals surface area contributed by atoms with Crippen molar-refractivity contribution in [2.75, 3.05) is 0 Å². The average molecular weight is 409 g/mol. The van der Waals surface area contributed by atoms with E-state index in [1.54, 1.807) is 0 Å². The lowest BCUT2D eigenvalue weighted by molar-refractivity contribution is -0.124. The molecule has 0 spiro atoms. The van der Waals surface area contributed by atoms with E-state index in [1.807, 2.05) is 6.92 Å². The van der Waals surface area contributed by atoms with Crippen LogP contribution >= 0.6 is 22.6 Å². The minimum atomic E-state index is 0.163. The fourth-order valence-electron chi connectivity index (χ4n) is 4.15. The predicted molar refractivity (Wildman–Crippen MR) is 100 cm³/mol. The van der Waals surface area contributed by atoms with Gasteiger partial charge in [0.1, 0.15) is 5.78 Å². The van der Waals surface area contributed by atoms with Crippen LogP contribution in [-0.2, 0) is 4.79 Å². The van der Waals surface area contributed by atoms with Gasteiger partial charge in [-0.05, 0) is 75.5 Å². The van der Waals surface area contributed by atoms with E-state index in [9.17, 15) is 4.79 Å². The molecule has 0 amide bonds. The van der Waals surface area contributed by atoms with Crippen LogP contribution in [0.4, 0.5) is 0 Å². The lowest BCUT2D eigenvalue weighted by Gasteiger charge is -2.37. The highest BCUT2D eigenvalue weighted by Gasteiger charge is 2.44. The molecule has 2 aliphatic rings. The second-order valence-electron chi connectivity index (χ2n) is 6.63. The Labute approximate surface area is 146 Å². The first kappa shape index (κ1) is 16.2. The smallest absolute Gasteiger partial charge is 0.137 e. The molecule has 3 rings (SSSR count). The van der Waals surface area contributed by atoms with Gasteiger partial charge in [-0.25, -0.2) is 0 Å². The van der Waals surface area contributed by atoms with Gasteiger partial charge in [-0.3, -0.25) is 4.79 Å². The SMILES string of the molecule is CCC(=O)[C@@H]1C2CCC(C[C@@H]1c1ccc(C=C(C)I)cc1)N2. The van der Waals surface area contributed by atoms with Gasteiger partial charge < -0.3 is 5.32 Å². The van der Waals surface area contributed by atoms with Crippen LogP contribution in [0.25, 0.3) is 6.08 Å². The van der Waals surface area contributed by atoms with Gasteiger partial charge in [0, 0.05) is 24.4 Å². The monoisotopic (exact) mass is 409 g/mol. The molecule has 0 radical (unpaired) electrons. The molecule has 0 aliphatic carbocycles. The Balaban J connectivity index is 1.87. The quantitative estimate of drug-likeness (QED) is 0.732. The fraction of sp³-hybridized carbons (Fsp3) is 0.526. The van der Waals surface area contributed by atoms with Crippen LogP contribution in [0.5, 0.6) is 0 Å². The summed E-state index contributed by atoms with van der Waals surface area (Å²) in [6, 6.07) is 9.84. The van der Waals surface area contributed by atoms with E-state index in [1.165, 1.54) is 21.1 Å². The molecule has 2 bridgehead atoms. The van der Waals surface area contributed by atoms with Crippen molar-refractivity contribution < 1.29 is 4.79 Å². The van der Waals surface area contributed by atoms with Crippen molar-refractivity contribution in [1.29, 1.82) is 0 Å². The third kappa shape index (κ3) is 3.30. The topological polar surface area (TPSA) is 29.1 Å². The van der Waals surface area contributed by atoms with Crippen LogP contribution < -0.4 is 5.32 Å². The molecular weight excluding hydrogens is 385 g/mol. The number of ketones is 1. The molecule has 2 heterocycles. The molecule has 2 saturated heterocycles. The Morgan fingerprint density at radius 3 is 2.68 bits per heavy atom. The van der Waals surface area contributed by atoms with Gasteiger partial charge in [0.15, 0.2) is 0 Å². The zero-order chi connectivity index (χ0) is 15.7. The summed E-state index contributed by atoms with van der Waals surface area (Å²) < 4.78 is 1.28. The third-order valence-electron chi connectivity index (χ3n) is 5.13. The maximum Gasteiger partial charge on any atom is 0.137 e. The molecule has 2 fully saturated rings. The molecule has 3 heteroatoms. The molecule has 1 N–H and O–H groups in total. The van der Waals surface area contributed by atoms with Crippen molar-refractivity contribution in [3.05, 3.63) is 39.0 Å². The highest BCUT2D eigenvalue weighted by molar-refractivity contribution is 14.1. The molecule has 1 aromatic carbocycles. The van der Waals surface area contributed by atoms with Crippen LogP contribution in [-0.4, -0.2) is 17.9 Å². The van der Waals surface area contributed by atoms with E-state index in [4.69, 9.17) is 0 Å². The average Bonchev–Trinajstić information content (AvgIpc) is 2.88. The number of benzene rings is 1. The number of rotatable bonds is 4. The summed E-state index contributed by atoms with van der Waals surface area (Å²) in [6.45, 7) is 4.10. The van der Waals surface area contributed by atoms with Crippen molar-refractivity contribution in [3.63, 3.8) is 0 Å². The number of carbonyl (C=O) groups excluding carboxylic acids is 1. The molecule has 4 atom stereocenters. The summed E-state index contributed by atoms with van der Waals surface area (Å²) >= 11 is 2.34. The van der Waals surface area contributed by atoms with Crippen molar-refractivity contribution in [1.82, 2.24) is 5.32 Å². The molecule has 2 unspecified atom stereocenters. The fourth-order valence-corrected chi connectivity index (χ4v) is 4.51. The number of Topliss-reactive ketones (excluding diaryl/α,β-unsaturated/α-hetero) is 1. The molecule has 1 aromatic rings. The van der Waals surface area contributed by atoms with Gasteiger partial charge in [0.05, 0.1) is 0 Å². The van der Waals surface area contributed by atoms with Crippen LogP contribution in [0, 0.1) is 5.92 Å². The Morgan fingerprint density at radius 2 is 2.05 bits per heavy atom. The largest absolute Gasteiger partial charge is 0.310 e. The summed E-state index contributed by atoms with van der Waals surface area (Å²) in [5.41, 5.74) is 2.58. The number of carbonyl (C=O) groups is 1. The van der Waals surface area contributed by atoms with E-state index in [0.29, 0.717) is 30.2 Å². The first-order valence-electron chi connectivity index (χ1n) is 8.31. The molecule has 0 saturated carbocycles. The number of halogens is 1. The van der Waals surface area contributed by atoms with Crippen molar-refractivity contribution in [2.24, 2.45) is 5.92 Å². The minimum absolute atomic E-state index is 0.163. The first-order chi connectivity index (χ1) is 10.6. The van der Waals surface area contributed by atoms with Gasteiger partial charge >= 0.3 is 0 Å². The highest BCUT2D eigenvalue weighted by atomic mass is 127. The second kappa shape index (κ2) is 6.83. The summed E-state index contributed by atoms with van der Waals surface area (Å²) in [5.74, 6) is 0.983. The Kier molecular flexibility index (Phi) is 5.03. The van der Waals surface area contributed by atoms with E-state index < -0.39 is 0 Å². The zero-order valence-corrected chi connectivity index (χ0v) is 15.5. The summed E-state index contributed by atoms with van der Waals surface area (Å²) in [5, 5.41) is 3.66. The number of hydrogen-bond donors (Lipinski definition) is 1. The lowest BCUT2D eigenvalue weighted by Crippen LogP contribution is -2.47. The van der Waals surface area contributed by atoms with Crippen LogP contribution in [0.1, 0.15) is 56.6 Å². The number of nitrogens with one attached hydrogen (secondary N) is 1. The Bertz CT molecular complexity index is 574. The van der Waals surface area contributed by atoms with Gasteiger partial charge in [0.2, 0.25) is 0 Å². The van der Waals surface area contributed by atoms with E-state index in [2.05, 4.69) is 65.2 Å². The Morgan fingerprint density at radius 1 is 1.32 bits per heavy atom. The van der Waals surface area contributed by atoms with Gasteiger partial charge in [-0.2, -0.15) is 0 Å². The third-order valence-corrected chi connectivity index (χ3v) is 5.44. The van der Waals surface area contributed by atoms with Crippen LogP contribution in [0.2, 0.25) is 0 Å². The van der Waals surface area contributed by atoms with Crippen LogP contribution in [0.15, 0.2) is 27.8 Å². The van der Waals surface area contributed by atoms with Gasteiger partial charge in [-0.15, -0.1) is 0 Å². The molecule has 0 aromatic heterocycles. The molecule has 118 valence electrons. The summed E-state index contributed by atoms with van der Waals surface area (Å²) in [7, 11) is 0.